The minimum atomic E-state index is -0.358. The molecule has 28 heavy (non-hydrogen) atoms. The molecule has 7 heteroatoms. The molecule has 144 valence electrons. The Morgan fingerprint density at radius 3 is 2.54 bits per heavy atom. The summed E-state index contributed by atoms with van der Waals surface area (Å²) in [5, 5.41) is 6.76. The molecule has 3 rings (SSSR count). The molecule has 0 aliphatic rings. The predicted molar refractivity (Wildman–Crippen MR) is 111 cm³/mol. The van der Waals surface area contributed by atoms with Crippen LogP contribution < -0.4 is 20.1 Å². The van der Waals surface area contributed by atoms with Gasteiger partial charge in [-0.2, -0.15) is 0 Å². The first-order valence-corrected chi connectivity index (χ1v) is 8.90. The van der Waals surface area contributed by atoms with Crippen LogP contribution in [0.3, 0.4) is 0 Å². The molecule has 0 fully saturated rings. The molecule has 0 atom stereocenters. The smallest absolute Gasteiger partial charge is 0.274 e. The molecule has 1 aromatic heterocycles. The van der Waals surface area contributed by atoms with Gasteiger partial charge in [0.1, 0.15) is 17.2 Å². The summed E-state index contributed by atoms with van der Waals surface area (Å²) >= 11 is 6.00. The molecule has 1 amide bonds. The zero-order valence-corrected chi connectivity index (χ0v) is 16.5. The molecule has 3 aromatic rings. The third kappa shape index (κ3) is 4.53. The third-order valence-corrected chi connectivity index (χ3v) is 4.35. The van der Waals surface area contributed by atoms with Crippen molar-refractivity contribution in [3.8, 4) is 11.5 Å². The van der Waals surface area contributed by atoms with E-state index in [-0.39, 0.29) is 11.6 Å². The fourth-order valence-corrected chi connectivity index (χ4v) is 2.88. The number of halogens is 1. The van der Waals surface area contributed by atoms with Crippen molar-refractivity contribution < 1.29 is 14.3 Å². The number of aryl methyl sites for hydroxylation is 1. The van der Waals surface area contributed by atoms with E-state index in [4.69, 9.17) is 21.1 Å². The van der Waals surface area contributed by atoms with E-state index in [1.165, 1.54) is 7.11 Å². The molecule has 0 spiro atoms. The van der Waals surface area contributed by atoms with E-state index in [1.807, 2.05) is 19.1 Å². The number of benzene rings is 2. The van der Waals surface area contributed by atoms with Gasteiger partial charge in [0.15, 0.2) is 0 Å². The quantitative estimate of drug-likeness (QED) is 0.608. The van der Waals surface area contributed by atoms with Crippen molar-refractivity contribution in [2.75, 3.05) is 24.9 Å². The summed E-state index contributed by atoms with van der Waals surface area (Å²) in [6.07, 6.45) is 1.57. The molecular formula is C21H20ClN3O3. The Labute approximate surface area is 168 Å². The molecule has 6 nitrogen and oxygen atoms in total. The Balaban J connectivity index is 1.81. The highest BCUT2D eigenvalue weighted by Gasteiger charge is 2.13. The number of carbonyl (C=O) groups excluding carboxylic acids is 1. The van der Waals surface area contributed by atoms with Crippen LogP contribution in [0.15, 0.2) is 54.7 Å². The van der Waals surface area contributed by atoms with Crippen LogP contribution in [0, 0.1) is 6.92 Å². The van der Waals surface area contributed by atoms with Gasteiger partial charge in [0.25, 0.3) is 5.91 Å². The maximum absolute atomic E-state index is 12.7. The maximum Gasteiger partial charge on any atom is 0.274 e. The van der Waals surface area contributed by atoms with Gasteiger partial charge in [0.2, 0.25) is 0 Å². The highest BCUT2D eigenvalue weighted by Crippen LogP contribution is 2.29. The fourth-order valence-electron chi connectivity index (χ4n) is 2.65. The van der Waals surface area contributed by atoms with E-state index in [2.05, 4.69) is 15.6 Å². The average molecular weight is 398 g/mol. The lowest BCUT2D eigenvalue weighted by atomic mass is 10.2. The Kier molecular flexibility index (Phi) is 6.01. The Bertz CT molecular complexity index is 1010. The molecule has 1 heterocycles. The van der Waals surface area contributed by atoms with Crippen LogP contribution in [0.2, 0.25) is 5.02 Å². The lowest BCUT2D eigenvalue weighted by molar-refractivity contribution is 0.102. The molecule has 0 aliphatic heterocycles. The van der Waals surface area contributed by atoms with Crippen LogP contribution >= 0.6 is 11.6 Å². The Morgan fingerprint density at radius 1 is 1.00 bits per heavy atom. The number of hydrogen-bond donors (Lipinski definition) is 2. The SMILES string of the molecule is COc1ccc(OC)c(NC(=O)c2cc(Nc3ccc(Cl)cc3C)ccn2)c1. The van der Waals surface area contributed by atoms with E-state index >= 15 is 0 Å². The van der Waals surface area contributed by atoms with Gasteiger partial charge in [0, 0.05) is 28.7 Å². The van der Waals surface area contributed by atoms with E-state index in [0.717, 1.165) is 16.9 Å². The van der Waals surface area contributed by atoms with Crippen molar-refractivity contribution in [2.45, 2.75) is 6.92 Å². The van der Waals surface area contributed by atoms with Crippen molar-refractivity contribution in [3.05, 3.63) is 71.0 Å². The van der Waals surface area contributed by atoms with Crippen LogP contribution in [0.1, 0.15) is 16.1 Å². The lowest BCUT2D eigenvalue weighted by Crippen LogP contribution is -2.14. The minimum absolute atomic E-state index is 0.265. The van der Waals surface area contributed by atoms with Crippen molar-refractivity contribution >= 4 is 34.6 Å². The predicted octanol–water partition coefficient (Wildman–Crippen LogP) is 5.06. The van der Waals surface area contributed by atoms with Crippen LogP contribution in [0.4, 0.5) is 17.1 Å². The molecule has 0 bridgehead atoms. The monoisotopic (exact) mass is 397 g/mol. The Morgan fingerprint density at radius 2 is 1.82 bits per heavy atom. The summed E-state index contributed by atoms with van der Waals surface area (Å²) in [7, 11) is 3.09. The number of rotatable bonds is 6. The topological polar surface area (TPSA) is 72.5 Å². The van der Waals surface area contributed by atoms with Gasteiger partial charge in [0.05, 0.1) is 19.9 Å². The average Bonchev–Trinajstić information content (AvgIpc) is 2.70. The first-order valence-electron chi connectivity index (χ1n) is 8.53. The molecule has 2 N–H and O–H groups in total. The summed E-state index contributed by atoms with van der Waals surface area (Å²) in [4.78, 5) is 16.8. The largest absolute Gasteiger partial charge is 0.497 e. The minimum Gasteiger partial charge on any atom is -0.497 e. The van der Waals surface area contributed by atoms with Crippen LogP contribution in [-0.4, -0.2) is 25.1 Å². The number of ether oxygens (including phenoxy) is 2. The second-order valence-electron chi connectivity index (χ2n) is 6.03. The second-order valence-corrected chi connectivity index (χ2v) is 6.47. The fraction of sp³-hybridized carbons (Fsp3) is 0.143. The first kappa shape index (κ1) is 19.5. The number of methoxy groups -OCH3 is 2. The lowest BCUT2D eigenvalue weighted by Gasteiger charge is -2.13. The second kappa shape index (κ2) is 8.63. The number of pyridine rings is 1. The van der Waals surface area contributed by atoms with Crippen LogP contribution in [0.25, 0.3) is 0 Å². The summed E-state index contributed by atoms with van der Waals surface area (Å²) in [6, 6.07) is 14.2. The molecule has 0 radical (unpaired) electrons. The number of nitrogens with one attached hydrogen (secondary N) is 2. The van der Waals surface area contributed by atoms with Gasteiger partial charge in [-0.15, -0.1) is 0 Å². The first-order chi connectivity index (χ1) is 13.5. The van der Waals surface area contributed by atoms with Crippen molar-refractivity contribution in [2.24, 2.45) is 0 Å². The molecule has 2 aromatic carbocycles. The number of amides is 1. The maximum atomic E-state index is 12.7. The number of nitrogens with zero attached hydrogens (tertiary/aromatic N) is 1. The normalized spacial score (nSPS) is 10.3. The van der Waals surface area contributed by atoms with E-state index in [0.29, 0.717) is 22.2 Å². The molecule has 0 saturated heterocycles. The van der Waals surface area contributed by atoms with E-state index < -0.39 is 0 Å². The molecular weight excluding hydrogens is 378 g/mol. The molecule has 0 aliphatic carbocycles. The van der Waals surface area contributed by atoms with Gasteiger partial charge < -0.3 is 20.1 Å². The summed E-state index contributed by atoms with van der Waals surface area (Å²) in [5.74, 6) is 0.779. The van der Waals surface area contributed by atoms with Gasteiger partial charge in [-0.1, -0.05) is 11.6 Å². The van der Waals surface area contributed by atoms with Crippen LogP contribution in [0.5, 0.6) is 11.5 Å². The van der Waals surface area contributed by atoms with Gasteiger partial charge >= 0.3 is 0 Å². The van der Waals surface area contributed by atoms with Crippen molar-refractivity contribution in [1.29, 1.82) is 0 Å². The summed E-state index contributed by atoms with van der Waals surface area (Å²) in [5.41, 5.74) is 3.40. The molecule has 0 unspecified atom stereocenters. The van der Waals surface area contributed by atoms with Crippen LogP contribution in [-0.2, 0) is 0 Å². The highest BCUT2D eigenvalue weighted by molar-refractivity contribution is 6.30. The van der Waals surface area contributed by atoms with Crippen molar-refractivity contribution in [3.63, 3.8) is 0 Å². The number of carbonyl (C=O) groups is 1. The van der Waals surface area contributed by atoms with Gasteiger partial charge in [-0.25, -0.2) is 0 Å². The summed E-state index contributed by atoms with van der Waals surface area (Å²) < 4.78 is 10.5. The third-order valence-electron chi connectivity index (χ3n) is 4.11. The number of hydrogen-bond acceptors (Lipinski definition) is 5. The van der Waals surface area contributed by atoms with E-state index in [1.54, 1.807) is 49.7 Å². The standard InChI is InChI=1S/C21H20ClN3O3/c1-13-10-14(22)4-6-17(13)24-15-8-9-23-19(11-15)21(26)25-18-12-16(27-2)5-7-20(18)28-3/h4-12H,1-3H3,(H,23,24)(H,25,26). The van der Waals surface area contributed by atoms with Gasteiger partial charge in [-0.3, -0.25) is 9.78 Å². The number of anilines is 3. The van der Waals surface area contributed by atoms with Crippen molar-refractivity contribution in [1.82, 2.24) is 4.98 Å². The summed E-state index contributed by atoms with van der Waals surface area (Å²) in [6.45, 7) is 1.96. The number of aromatic nitrogens is 1. The zero-order chi connectivity index (χ0) is 20.1. The highest BCUT2D eigenvalue weighted by atomic mass is 35.5. The Hall–Kier alpha value is -3.25. The molecule has 0 saturated carbocycles. The van der Waals surface area contributed by atoms with E-state index in [9.17, 15) is 4.79 Å². The van der Waals surface area contributed by atoms with Gasteiger partial charge in [-0.05, 0) is 55.0 Å². The zero-order valence-electron chi connectivity index (χ0n) is 15.7.